The third kappa shape index (κ3) is 13.5. The summed E-state index contributed by atoms with van der Waals surface area (Å²) >= 11 is 0. The fraction of sp³-hybridized carbons (Fsp3) is 0.714. The first-order chi connectivity index (χ1) is 11.3. The normalized spacial score (nSPS) is 10.4. The van der Waals surface area contributed by atoms with Gasteiger partial charge >= 0.3 is 11.9 Å². The van der Waals surface area contributed by atoms with E-state index in [0.29, 0.717) is 39.3 Å². The maximum absolute atomic E-state index is 11.4. The highest BCUT2D eigenvalue weighted by molar-refractivity contribution is 5.81. The van der Waals surface area contributed by atoms with Crippen molar-refractivity contribution in [2.75, 3.05) is 39.3 Å². The van der Waals surface area contributed by atoms with Crippen LogP contribution >= 0.6 is 0 Å². The predicted octanol–water partition coefficient (Wildman–Crippen LogP) is -1.79. The monoisotopic (exact) mass is 346 g/mol. The van der Waals surface area contributed by atoms with Crippen molar-refractivity contribution < 1.29 is 29.4 Å². The van der Waals surface area contributed by atoms with Gasteiger partial charge < -0.3 is 26.6 Å². The SMILES string of the molecule is NCCN(CCNC(=O)CCC(=O)O)CCNC(=O)CCC(=O)O. The van der Waals surface area contributed by atoms with Gasteiger partial charge in [0.1, 0.15) is 0 Å². The van der Waals surface area contributed by atoms with Gasteiger partial charge in [-0.2, -0.15) is 0 Å². The van der Waals surface area contributed by atoms with Crippen molar-refractivity contribution in [2.45, 2.75) is 25.7 Å². The van der Waals surface area contributed by atoms with Crippen LogP contribution in [0.5, 0.6) is 0 Å². The van der Waals surface area contributed by atoms with Crippen LogP contribution < -0.4 is 16.4 Å². The van der Waals surface area contributed by atoms with Gasteiger partial charge in [0.25, 0.3) is 0 Å². The molecule has 10 nitrogen and oxygen atoms in total. The van der Waals surface area contributed by atoms with Gasteiger partial charge in [-0.05, 0) is 0 Å². The van der Waals surface area contributed by atoms with Crippen LogP contribution in [0.25, 0.3) is 0 Å². The molecule has 24 heavy (non-hydrogen) atoms. The summed E-state index contributed by atoms with van der Waals surface area (Å²) in [5, 5.41) is 22.2. The summed E-state index contributed by atoms with van der Waals surface area (Å²) in [4.78, 5) is 45.4. The first-order valence-electron chi connectivity index (χ1n) is 7.74. The highest BCUT2D eigenvalue weighted by atomic mass is 16.4. The number of amides is 2. The Morgan fingerprint density at radius 1 is 0.750 bits per heavy atom. The zero-order valence-electron chi connectivity index (χ0n) is 13.6. The number of hydrogen-bond donors (Lipinski definition) is 5. The Bertz CT molecular complexity index is 393. The number of rotatable bonds is 14. The molecule has 0 bridgehead atoms. The van der Waals surface area contributed by atoms with E-state index in [1.807, 2.05) is 4.90 Å². The van der Waals surface area contributed by atoms with Crippen molar-refractivity contribution in [3.8, 4) is 0 Å². The number of nitrogens with one attached hydrogen (secondary N) is 2. The van der Waals surface area contributed by atoms with Crippen LogP contribution in [0.15, 0.2) is 0 Å². The molecule has 10 heteroatoms. The van der Waals surface area contributed by atoms with Gasteiger partial charge in [-0.1, -0.05) is 0 Å². The number of nitrogens with two attached hydrogens (primary N) is 1. The van der Waals surface area contributed by atoms with Crippen molar-refractivity contribution in [3.05, 3.63) is 0 Å². The van der Waals surface area contributed by atoms with Crippen LogP contribution in [-0.4, -0.2) is 78.1 Å². The Morgan fingerprint density at radius 2 is 1.17 bits per heavy atom. The zero-order chi connectivity index (χ0) is 18.4. The molecule has 0 aliphatic carbocycles. The molecule has 0 aromatic carbocycles. The third-order valence-corrected chi connectivity index (χ3v) is 3.08. The Hall–Kier alpha value is -2.20. The minimum atomic E-state index is -1.02. The van der Waals surface area contributed by atoms with Gasteiger partial charge in [-0.3, -0.25) is 24.1 Å². The fourth-order valence-corrected chi connectivity index (χ4v) is 1.84. The minimum Gasteiger partial charge on any atom is -0.481 e. The summed E-state index contributed by atoms with van der Waals surface area (Å²) in [5.74, 6) is -2.69. The molecule has 0 spiro atoms. The molecule has 138 valence electrons. The Balaban J connectivity index is 3.91. The molecule has 0 aromatic rings. The van der Waals surface area contributed by atoms with Crippen LogP contribution in [0.1, 0.15) is 25.7 Å². The maximum atomic E-state index is 11.4. The second-order valence-corrected chi connectivity index (χ2v) is 5.12. The summed E-state index contributed by atoms with van der Waals surface area (Å²) < 4.78 is 0. The topological polar surface area (TPSA) is 162 Å². The molecule has 0 aromatic heterocycles. The van der Waals surface area contributed by atoms with Crippen LogP contribution in [0.4, 0.5) is 0 Å². The summed E-state index contributed by atoms with van der Waals surface area (Å²) in [7, 11) is 0. The number of hydrogen-bond acceptors (Lipinski definition) is 6. The molecule has 0 rings (SSSR count). The minimum absolute atomic E-state index is 0.0636. The van der Waals surface area contributed by atoms with E-state index in [2.05, 4.69) is 10.6 Å². The number of nitrogens with zero attached hydrogens (tertiary/aromatic N) is 1. The Morgan fingerprint density at radius 3 is 1.50 bits per heavy atom. The highest BCUT2D eigenvalue weighted by Crippen LogP contribution is 1.91. The van der Waals surface area contributed by atoms with Gasteiger partial charge in [0.2, 0.25) is 11.8 Å². The second-order valence-electron chi connectivity index (χ2n) is 5.12. The number of carbonyl (C=O) groups is 4. The zero-order valence-corrected chi connectivity index (χ0v) is 13.6. The van der Waals surface area contributed by atoms with Crippen molar-refractivity contribution in [1.29, 1.82) is 0 Å². The average molecular weight is 346 g/mol. The van der Waals surface area contributed by atoms with Crippen LogP contribution in [-0.2, 0) is 19.2 Å². The Kier molecular flexibility index (Phi) is 12.0. The van der Waals surface area contributed by atoms with Crippen LogP contribution in [0.2, 0.25) is 0 Å². The molecule has 0 fully saturated rings. The van der Waals surface area contributed by atoms with E-state index < -0.39 is 11.9 Å². The number of carboxylic acids is 2. The molecular weight excluding hydrogens is 320 g/mol. The molecule has 0 radical (unpaired) electrons. The average Bonchev–Trinajstić information content (AvgIpc) is 2.51. The third-order valence-electron chi connectivity index (χ3n) is 3.08. The maximum Gasteiger partial charge on any atom is 0.303 e. The summed E-state index contributed by atoms with van der Waals surface area (Å²) in [5.41, 5.74) is 5.51. The molecule has 0 unspecified atom stereocenters. The van der Waals surface area contributed by atoms with Crippen molar-refractivity contribution >= 4 is 23.8 Å². The van der Waals surface area contributed by atoms with Gasteiger partial charge in [0.15, 0.2) is 0 Å². The van der Waals surface area contributed by atoms with E-state index in [1.165, 1.54) is 0 Å². The number of carbonyl (C=O) groups excluding carboxylic acids is 2. The molecule has 0 heterocycles. The lowest BCUT2D eigenvalue weighted by molar-refractivity contribution is -0.139. The lowest BCUT2D eigenvalue weighted by Gasteiger charge is -2.21. The standard InChI is InChI=1S/C14H26N4O6/c15-5-8-18(9-6-16-11(19)1-3-13(21)22)10-7-17-12(20)2-4-14(23)24/h1-10,15H2,(H,16,19)(H,17,20)(H,21,22)(H,23,24). The van der Waals surface area contributed by atoms with Crippen molar-refractivity contribution in [3.63, 3.8) is 0 Å². The van der Waals surface area contributed by atoms with Crippen molar-refractivity contribution in [2.24, 2.45) is 5.73 Å². The molecule has 0 aliphatic rings. The van der Waals surface area contributed by atoms with E-state index in [0.717, 1.165) is 0 Å². The molecule has 0 saturated carbocycles. The van der Waals surface area contributed by atoms with E-state index >= 15 is 0 Å². The number of aliphatic carboxylic acids is 2. The highest BCUT2D eigenvalue weighted by Gasteiger charge is 2.09. The van der Waals surface area contributed by atoms with Crippen LogP contribution in [0.3, 0.4) is 0 Å². The van der Waals surface area contributed by atoms with Gasteiger partial charge in [0, 0.05) is 52.1 Å². The van der Waals surface area contributed by atoms with E-state index in [9.17, 15) is 19.2 Å². The van der Waals surface area contributed by atoms with Crippen LogP contribution in [0, 0.1) is 0 Å². The summed E-state index contributed by atoms with van der Waals surface area (Å²) in [6, 6.07) is 0. The molecule has 2 amide bonds. The number of carboxylic acid groups (broad SMARTS) is 2. The van der Waals surface area contributed by atoms with Gasteiger partial charge in [-0.25, -0.2) is 0 Å². The van der Waals surface area contributed by atoms with E-state index in [1.54, 1.807) is 0 Å². The Labute approximate surface area is 140 Å². The molecule has 6 N–H and O–H groups in total. The first-order valence-corrected chi connectivity index (χ1v) is 7.74. The fourth-order valence-electron chi connectivity index (χ4n) is 1.84. The van der Waals surface area contributed by atoms with Gasteiger partial charge in [0.05, 0.1) is 12.8 Å². The lowest BCUT2D eigenvalue weighted by atomic mass is 10.3. The molecule has 0 atom stereocenters. The van der Waals surface area contributed by atoms with E-state index in [4.69, 9.17) is 15.9 Å². The molecule has 0 aliphatic heterocycles. The van der Waals surface area contributed by atoms with E-state index in [-0.39, 0.29) is 37.5 Å². The summed E-state index contributed by atoms with van der Waals surface area (Å²) in [6.07, 6.45) is -0.543. The lowest BCUT2D eigenvalue weighted by Crippen LogP contribution is -2.41. The smallest absolute Gasteiger partial charge is 0.303 e. The predicted molar refractivity (Wildman–Crippen MR) is 85.3 cm³/mol. The van der Waals surface area contributed by atoms with Crippen molar-refractivity contribution in [1.82, 2.24) is 15.5 Å². The second kappa shape index (κ2) is 13.3. The largest absolute Gasteiger partial charge is 0.481 e. The first kappa shape index (κ1) is 21.8. The van der Waals surface area contributed by atoms with Gasteiger partial charge in [-0.15, -0.1) is 0 Å². The summed E-state index contributed by atoms with van der Waals surface area (Å²) in [6.45, 7) is 2.73. The molecular formula is C14H26N4O6. The quantitative estimate of drug-likeness (QED) is 0.246. The molecule has 0 saturated heterocycles.